The topological polar surface area (TPSA) is 3.24 Å². The highest BCUT2D eigenvalue weighted by molar-refractivity contribution is 5.66. The lowest BCUT2D eigenvalue weighted by atomic mass is 9.79. The molecule has 0 spiro atoms. The third-order valence-corrected chi connectivity index (χ3v) is 5.03. The van der Waals surface area contributed by atoms with Crippen LogP contribution in [0.2, 0.25) is 0 Å². The molecule has 0 bridgehead atoms. The summed E-state index contributed by atoms with van der Waals surface area (Å²) in [4.78, 5) is 2.42. The minimum atomic E-state index is 0.554. The van der Waals surface area contributed by atoms with Crippen LogP contribution in [0.5, 0.6) is 0 Å². The van der Waals surface area contributed by atoms with Crippen LogP contribution in [0.3, 0.4) is 0 Å². The summed E-state index contributed by atoms with van der Waals surface area (Å²) in [6.07, 6.45) is 7.32. The van der Waals surface area contributed by atoms with Crippen molar-refractivity contribution < 1.29 is 0 Å². The molecule has 3 rings (SSSR count). The van der Waals surface area contributed by atoms with Crippen molar-refractivity contribution in [2.75, 3.05) is 14.1 Å². The minimum absolute atomic E-state index is 0.554. The van der Waals surface area contributed by atoms with E-state index in [0.29, 0.717) is 12.0 Å². The molecule has 0 aliphatic heterocycles. The highest BCUT2D eigenvalue weighted by Gasteiger charge is 2.27. The first kappa shape index (κ1) is 16.0. The maximum absolute atomic E-state index is 2.47. The molecule has 2 unspecified atom stereocenters. The van der Waals surface area contributed by atoms with Crippen LogP contribution in [0.4, 0.5) is 0 Å². The molecule has 1 nitrogen and oxygen atoms in total. The van der Waals surface area contributed by atoms with Gasteiger partial charge in [-0.2, -0.15) is 0 Å². The van der Waals surface area contributed by atoms with E-state index >= 15 is 0 Å². The molecule has 0 fully saturated rings. The fourth-order valence-corrected chi connectivity index (χ4v) is 3.81. The Morgan fingerprint density at radius 2 is 1.52 bits per heavy atom. The molecular weight excluding hydrogens is 278 g/mol. The van der Waals surface area contributed by atoms with Crippen molar-refractivity contribution in [1.29, 1.82) is 0 Å². The van der Waals surface area contributed by atoms with Crippen LogP contribution >= 0.6 is 0 Å². The zero-order valence-electron chi connectivity index (χ0n) is 14.3. The normalized spacial score (nSPS) is 24.6. The van der Waals surface area contributed by atoms with Gasteiger partial charge in [-0.15, -0.1) is 0 Å². The maximum atomic E-state index is 2.47. The number of nitrogens with zero attached hydrogens (tertiary/aromatic N) is 1. The van der Waals surface area contributed by atoms with Crippen LogP contribution in [0.15, 0.2) is 66.7 Å². The van der Waals surface area contributed by atoms with E-state index in [1.165, 1.54) is 36.0 Å². The van der Waals surface area contributed by atoms with Gasteiger partial charge in [0, 0.05) is 12.0 Å². The summed E-state index contributed by atoms with van der Waals surface area (Å²) < 4.78 is 0. The van der Waals surface area contributed by atoms with Crippen LogP contribution in [-0.4, -0.2) is 25.0 Å². The number of allylic oxidation sites excluding steroid dienone is 2. The summed E-state index contributed by atoms with van der Waals surface area (Å²) >= 11 is 0. The highest BCUT2D eigenvalue weighted by atomic mass is 15.1. The zero-order chi connectivity index (χ0) is 16.1. The molecule has 0 heterocycles. The van der Waals surface area contributed by atoms with Crippen molar-refractivity contribution in [2.24, 2.45) is 0 Å². The van der Waals surface area contributed by atoms with E-state index in [0.717, 1.165) is 6.42 Å². The third kappa shape index (κ3) is 3.92. The first-order chi connectivity index (χ1) is 11.3. The second-order valence-corrected chi connectivity index (χ2v) is 6.78. The SMILES string of the molecule is CN(C)C1CCC/C=C(/c2ccccc2)CC1c1ccccc1. The van der Waals surface area contributed by atoms with Crippen LogP contribution in [0.1, 0.15) is 42.7 Å². The maximum Gasteiger partial charge on any atom is 0.0161 e. The van der Waals surface area contributed by atoms with E-state index < -0.39 is 0 Å². The van der Waals surface area contributed by atoms with E-state index in [1.807, 2.05) is 0 Å². The van der Waals surface area contributed by atoms with Gasteiger partial charge in [0.25, 0.3) is 0 Å². The van der Waals surface area contributed by atoms with Gasteiger partial charge in [-0.3, -0.25) is 0 Å². The van der Waals surface area contributed by atoms with Gasteiger partial charge in [0.15, 0.2) is 0 Å². The van der Waals surface area contributed by atoms with Crippen molar-refractivity contribution in [2.45, 2.75) is 37.6 Å². The minimum Gasteiger partial charge on any atom is -0.306 e. The van der Waals surface area contributed by atoms with Gasteiger partial charge in [0.2, 0.25) is 0 Å². The summed E-state index contributed by atoms with van der Waals surface area (Å²) in [5, 5.41) is 0. The molecule has 0 radical (unpaired) electrons. The molecule has 2 aromatic carbocycles. The van der Waals surface area contributed by atoms with Gasteiger partial charge in [0.1, 0.15) is 0 Å². The van der Waals surface area contributed by atoms with Crippen molar-refractivity contribution in [3.8, 4) is 0 Å². The third-order valence-electron chi connectivity index (χ3n) is 5.03. The molecule has 0 N–H and O–H groups in total. The second-order valence-electron chi connectivity index (χ2n) is 6.78. The molecular formula is C22H27N. The summed E-state index contributed by atoms with van der Waals surface area (Å²) in [5.41, 5.74) is 4.36. The Labute approximate surface area is 140 Å². The van der Waals surface area contributed by atoms with Gasteiger partial charge in [-0.1, -0.05) is 66.7 Å². The Balaban J connectivity index is 1.96. The predicted molar refractivity (Wildman–Crippen MR) is 99.5 cm³/mol. The first-order valence-corrected chi connectivity index (χ1v) is 8.71. The molecule has 0 amide bonds. The summed E-state index contributed by atoms with van der Waals surface area (Å²) in [7, 11) is 4.46. The van der Waals surface area contributed by atoms with Gasteiger partial charge >= 0.3 is 0 Å². The fraction of sp³-hybridized carbons (Fsp3) is 0.364. The molecule has 0 saturated carbocycles. The molecule has 0 saturated heterocycles. The lowest BCUT2D eigenvalue weighted by Gasteiger charge is -2.35. The fourth-order valence-electron chi connectivity index (χ4n) is 3.81. The number of rotatable bonds is 3. The standard InChI is InChI=1S/C22H27N/c1-23(2)22-16-10-9-15-20(18-11-5-3-6-12-18)17-21(22)19-13-7-4-8-14-19/h3-8,11-15,21-22H,9-10,16-17H2,1-2H3/b20-15+. The quantitative estimate of drug-likeness (QED) is 0.738. The van der Waals surface area contributed by atoms with Crippen molar-refractivity contribution >= 4 is 5.57 Å². The summed E-state index contributed by atoms with van der Waals surface area (Å²) in [5.74, 6) is 0.554. The average molecular weight is 305 g/mol. The molecule has 23 heavy (non-hydrogen) atoms. The molecule has 2 atom stereocenters. The van der Waals surface area contributed by atoms with Crippen molar-refractivity contribution in [3.05, 3.63) is 77.9 Å². The number of hydrogen-bond acceptors (Lipinski definition) is 1. The Kier molecular flexibility index (Phi) is 5.30. The van der Waals surface area contributed by atoms with Crippen LogP contribution in [0.25, 0.3) is 5.57 Å². The monoisotopic (exact) mass is 305 g/mol. The Bertz CT molecular complexity index is 628. The van der Waals surface area contributed by atoms with E-state index in [-0.39, 0.29) is 0 Å². The van der Waals surface area contributed by atoms with Crippen molar-refractivity contribution in [1.82, 2.24) is 4.90 Å². The summed E-state index contributed by atoms with van der Waals surface area (Å²) in [6, 6.07) is 22.6. The average Bonchev–Trinajstić information content (AvgIpc) is 2.56. The van der Waals surface area contributed by atoms with E-state index in [2.05, 4.69) is 85.7 Å². The van der Waals surface area contributed by atoms with Crippen molar-refractivity contribution in [3.63, 3.8) is 0 Å². The number of benzene rings is 2. The van der Waals surface area contributed by atoms with Gasteiger partial charge in [-0.25, -0.2) is 0 Å². The number of hydrogen-bond donors (Lipinski definition) is 0. The molecule has 1 aliphatic rings. The number of likely N-dealkylation sites (N-methyl/N-ethyl adjacent to an activating group) is 1. The van der Waals surface area contributed by atoms with Gasteiger partial charge in [0.05, 0.1) is 0 Å². The molecule has 1 heteroatoms. The van der Waals surface area contributed by atoms with Crippen LogP contribution in [0, 0.1) is 0 Å². The Morgan fingerprint density at radius 3 is 2.17 bits per heavy atom. The van der Waals surface area contributed by atoms with E-state index in [4.69, 9.17) is 0 Å². The lowest BCUT2D eigenvalue weighted by molar-refractivity contribution is 0.234. The van der Waals surface area contributed by atoms with Gasteiger partial charge < -0.3 is 4.90 Å². The first-order valence-electron chi connectivity index (χ1n) is 8.71. The van der Waals surface area contributed by atoms with Gasteiger partial charge in [-0.05, 0) is 56.5 Å². The molecule has 2 aromatic rings. The highest BCUT2D eigenvalue weighted by Crippen LogP contribution is 2.37. The molecule has 1 aliphatic carbocycles. The van der Waals surface area contributed by atoms with E-state index in [1.54, 1.807) is 0 Å². The Morgan fingerprint density at radius 1 is 0.870 bits per heavy atom. The smallest absolute Gasteiger partial charge is 0.0161 e. The summed E-state index contributed by atoms with van der Waals surface area (Å²) in [6.45, 7) is 0. The Hall–Kier alpha value is -1.86. The lowest BCUT2D eigenvalue weighted by Crippen LogP contribution is -2.34. The van der Waals surface area contributed by atoms with Crippen LogP contribution in [-0.2, 0) is 0 Å². The largest absolute Gasteiger partial charge is 0.306 e. The zero-order valence-corrected chi connectivity index (χ0v) is 14.3. The van der Waals surface area contributed by atoms with Crippen LogP contribution < -0.4 is 0 Å². The molecule has 120 valence electrons. The predicted octanol–water partition coefficient (Wildman–Crippen LogP) is 5.36. The second kappa shape index (κ2) is 7.61. The molecule has 0 aromatic heterocycles. The van der Waals surface area contributed by atoms with E-state index in [9.17, 15) is 0 Å².